The van der Waals surface area contributed by atoms with Gasteiger partial charge in [0.15, 0.2) is 6.29 Å². The second kappa shape index (κ2) is 36.2. The van der Waals surface area contributed by atoms with E-state index in [1.54, 1.807) is 0 Å². The molecule has 1 saturated heterocycles. The summed E-state index contributed by atoms with van der Waals surface area (Å²) in [7, 11) is 0. The molecule has 11 nitrogen and oxygen atoms in total. The minimum absolute atomic E-state index is 0.241. The van der Waals surface area contributed by atoms with Crippen molar-refractivity contribution in [1.29, 1.82) is 0 Å². The molecular formula is C46H85NO10. The predicted molar refractivity (Wildman–Crippen MR) is 228 cm³/mol. The van der Waals surface area contributed by atoms with Crippen molar-refractivity contribution < 1.29 is 50.0 Å². The first-order valence-corrected chi connectivity index (χ1v) is 22.9. The molecule has 1 rings (SSSR count). The van der Waals surface area contributed by atoms with Gasteiger partial charge in [-0.1, -0.05) is 153 Å². The zero-order valence-corrected chi connectivity index (χ0v) is 35.8. The molecule has 0 saturated carbocycles. The minimum atomic E-state index is -1.67. The van der Waals surface area contributed by atoms with Crippen LogP contribution >= 0.6 is 0 Å². The normalized spacial score (nSPS) is 22.4. The van der Waals surface area contributed by atoms with Gasteiger partial charge in [0, 0.05) is 0 Å². The molecule has 1 aliphatic heterocycles. The lowest BCUT2D eigenvalue weighted by Crippen LogP contribution is -2.60. The first-order valence-electron chi connectivity index (χ1n) is 22.9. The third-order valence-corrected chi connectivity index (χ3v) is 10.9. The summed E-state index contributed by atoms with van der Waals surface area (Å²) >= 11 is 0. The molecule has 1 heterocycles. The topological polar surface area (TPSA) is 189 Å². The lowest BCUT2D eigenvalue weighted by Gasteiger charge is -2.40. The van der Waals surface area contributed by atoms with E-state index >= 15 is 0 Å². The molecule has 8 N–H and O–H groups in total. The fourth-order valence-electron chi connectivity index (χ4n) is 7.06. The van der Waals surface area contributed by atoms with Crippen LogP contribution in [-0.2, 0) is 14.3 Å². The molecule has 1 aliphatic rings. The van der Waals surface area contributed by atoms with E-state index in [4.69, 9.17) is 9.47 Å². The van der Waals surface area contributed by atoms with Crippen molar-refractivity contribution in [3.63, 3.8) is 0 Å². The van der Waals surface area contributed by atoms with Gasteiger partial charge in [-0.2, -0.15) is 0 Å². The highest BCUT2D eigenvalue weighted by atomic mass is 16.7. The number of aliphatic hydroxyl groups is 7. The van der Waals surface area contributed by atoms with E-state index in [0.717, 1.165) is 44.9 Å². The lowest BCUT2D eigenvalue weighted by molar-refractivity contribution is -0.303. The Kier molecular flexibility index (Phi) is 33.9. The summed E-state index contributed by atoms with van der Waals surface area (Å²) < 4.78 is 11.1. The Morgan fingerprint density at radius 3 is 1.56 bits per heavy atom. The summed E-state index contributed by atoms with van der Waals surface area (Å²) in [6, 6.07) is -1.19. The van der Waals surface area contributed by atoms with Crippen LogP contribution in [0.15, 0.2) is 36.5 Å². The van der Waals surface area contributed by atoms with Crippen LogP contribution in [0.2, 0.25) is 0 Å². The van der Waals surface area contributed by atoms with Crippen molar-refractivity contribution in [1.82, 2.24) is 5.32 Å². The van der Waals surface area contributed by atoms with E-state index in [1.807, 2.05) is 0 Å². The Morgan fingerprint density at radius 2 is 1.05 bits per heavy atom. The number of unbranched alkanes of at least 4 members (excludes halogenated alkanes) is 19. The van der Waals surface area contributed by atoms with Gasteiger partial charge in [-0.3, -0.25) is 4.79 Å². The quantitative estimate of drug-likeness (QED) is 0.0235. The highest BCUT2D eigenvalue weighted by molar-refractivity contribution is 5.80. The number of hydrogen-bond donors (Lipinski definition) is 8. The van der Waals surface area contributed by atoms with E-state index in [2.05, 4.69) is 55.6 Å². The van der Waals surface area contributed by atoms with Crippen LogP contribution in [0.1, 0.15) is 181 Å². The second-order valence-electron chi connectivity index (χ2n) is 16.1. The molecule has 1 amide bonds. The molecule has 0 aromatic rings. The smallest absolute Gasteiger partial charge is 0.249 e. The molecule has 0 spiro atoms. The number of carbonyl (C=O) groups excluding carboxylic acids is 1. The maximum atomic E-state index is 13.1. The van der Waals surface area contributed by atoms with E-state index in [9.17, 15) is 40.5 Å². The first-order chi connectivity index (χ1) is 27.7. The molecule has 0 aromatic carbocycles. The van der Waals surface area contributed by atoms with Crippen LogP contribution in [0.4, 0.5) is 0 Å². The Hall–Kier alpha value is -1.67. The van der Waals surface area contributed by atoms with Crippen molar-refractivity contribution in [2.45, 2.75) is 236 Å². The van der Waals surface area contributed by atoms with Crippen molar-refractivity contribution in [2.24, 2.45) is 0 Å². The summed E-state index contributed by atoms with van der Waals surface area (Å²) in [4.78, 5) is 13.1. The number of ether oxygens (including phenoxy) is 2. The Labute approximate surface area is 346 Å². The molecule has 9 atom stereocenters. The van der Waals surface area contributed by atoms with Crippen molar-refractivity contribution >= 4 is 5.91 Å². The van der Waals surface area contributed by atoms with Crippen LogP contribution in [0.3, 0.4) is 0 Å². The number of aliphatic hydroxyl groups excluding tert-OH is 7. The van der Waals surface area contributed by atoms with Crippen LogP contribution in [0.25, 0.3) is 0 Å². The van der Waals surface area contributed by atoms with E-state index in [-0.39, 0.29) is 12.8 Å². The molecule has 1 fully saturated rings. The number of rotatable bonds is 37. The summed E-state index contributed by atoms with van der Waals surface area (Å²) in [5, 5.41) is 75.6. The fraction of sp³-hybridized carbons (Fsp3) is 0.848. The summed E-state index contributed by atoms with van der Waals surface area (Å²) in [6.45, 7) is 3.38. The van der Waals surface area contributed by atoms with Crippen molar-refractivity contribution in [2.75, 3.05) is 13.2 Å². The van der Waals surface area contributed by atoms with Gasteiger partial charge in [-0.15, -0.1) is 0 Å². The van der Waals surface area contributed by atoms with Crippen LogP contribution in [0.5, 0.6) is 0 Å². The minimum Gasteiger partial charge on any atom is -0.394 e. The molecule has 0 aliphatic carbocycles. The predicted octanol–water partition coefficient (Wildman–Crippen LogP) is 7.22. The van der Waals surface area contributed by atoms with E-state index in [0.29, 0.717) is 19.3 Å². The maximum Gasteiger partial charge on any atom is 0.249 e. The van der Waals surface area contributed by atoms with Crippen LogP contribution < -0.4 is 5.32 Å². The summed E-state index contributed by atoms with van der Waals surface area (Å²) in [5.74, 6) is -0.714. The molecular weight excluding hydrogens is 727 g/mol. The maximum absolute atomic E-state index is 13.1. The van der Waals surface area contributed by atoms with E-state index in [1.165, 1.54) is 89.9 Å². The number of allylic oxidation sites excluding steroid dienone is 6. The molecule has 0 bridgehead atoms. The summed E-state index contributed by atoms with van der Waals surface area (Å²) in [5.41, 5.74) is 0. The van der Waals surface area contributed by atoms with Crippen LogP contribution in [0, 0.1) is 0 Å². The molecule has 9 unspecified atom stereocenters. The number of nitrogens with one attached hydrogen (secondary N) is 1. The Bertz CT molecular complexity index is 1020. The van der Waals surface area contributed by atoms with Gasteiger partial charge in [0.1, 0.15) is 36.6 Å². The SMILES string of the molecule is CCCCC/C=C/CC/C=C/CC/C=C/CCCC(O)C(O)C(COC1OC(CO)C(O)C(O)C1O)NC(=O)C(O)CCCCCCCCCCCCCCCC. The number of amides is 1. The second-order valence-corrected chi connectivity index (χ2v) is 16.1. The number of carbonyl (C=O) groups is 1. The highest BCUT2D eigenvalue weighted by Crippen LogP contribution is 2.23. The molecule has 0 aromatic heterocycles. The van der Waals surface area contributed by atoms with Gasteiger partial charge >= 0.3 is 0 Å². The Balaban J connectivity index is 2.51. The van der Waals surface area contributed by atoms with Gasteiger partial charge in [-0.25, -0.2) is 0 Å². The zero-order valence-electron chi connectivity index (χ0n) is 35.8. The van der Waals surface area contributed by atoms with Gasteiger partial charge < -0.3 is 50.5 Å². The fourth-order valence-corrected chi connectivity index (χ4v) is 7.06. The molecule has 334 valence electrons. The third kappa shape index (κ3) is 26.2. The van der Waals surface area contributed by atoms with Crippen LogP contribution in [-0.4, -0.2) is 110 Å². The third-order valence-electron chi connectivity index (χ3n) is 10.9. The molecule has 57 heavy (non-hydrogen) atoms. The zero-order chi connectivity index (χ0) is 41.9. The average Bonchev–Trinajstić information content (AvgIpc) is 3.21. The average molecular weight is 812 g/mol. The standard InChI is InChI=1S/C46H85NO10/c1-3-5-7-9-11-13-15-17-19-20-22-23-25-27-29-31-33-38(49)41(51)37(36-56-46-44(54)43(53)42(52)40(35-48)57-46)47-45(55)39(50)34-32-30-28-26-24-21-18-16-14-12-10-8-6-4-2/h11,13,19-20,25,27,37-44,46,48-54H,3-10,12,14-18,21-24,26,28-36H2,1-2H3,(H,47,55)/b13-11+,20-19+,27-25+. The lowest BCUT2D eigenvalue weighted by atomic mass is 9.98. The highest BCUT2D eigenvalue weighted by Gasteiger charge is 2.44. The Morgan fingerprint density at radius 1 is 0.596 bits per heavy atom. The van der Waals surface area contributed by atoms with Gasteiger partial charge in [0.25, 0.3) is 0 Å². The van der Waals surface area contributed by atoms with Gasteiger partial charge in [-0.05, 0) is 64.2 Å². The monoisotopic (exact) mass is 812 g/mol. The van der Waals surface area contributed by atoms with Gasteiger partial charge in [0.2, 0.25) is 5.91 Å². The largest absolute Gasteiger partial charge is 0.394 e. The molecule has 0 radical (unpaired) electrons. The molecule has 11 heteroatoms. The summed E-state index contributed by atoms with van der Waals surface area (Å²) in [6.07, 6.45) is 29.0. The first kappa shape index (κ1) is 53.3. The number of hydrogen-bond acceptors (Lipinski definition) is 10. The van der Waals surface area contributed by atoms with Gasteiger partial charge in [0.05, 0.1) is 25.4 Å². The van der Waals surface area contributed by atoms with Crippen molar-refractivity contribution in [3.05, 3.63) is 36.5 Å². The van der Waals surface area contributed by atoms with Crippen molar-refractivity contribution in [3.8, 4) is 0 Å². The van der Waals surface area contributed by atoms with E-state index < -0.39 is 74.2 Å².